The lowest BCUT2D eigenvalue weighted by Crippen LogP contribution is -2.26. The van der Waals surface area contributed by atoms with Gasteiger partial charge in [0.25, 0.3) is 5.69 Å². The number of nitrogens with zero attached hydrogens (tertiary/aromatic N) is 1. The molecule has 0 aliphatic heterocycles. The molecule has 0 aliphatic rings. The van der Waals surface area contributed by atoms with E-state index >= 15 is 0 Å². The molecule has 0 aromatic heterocycles. The summed E-state index contributed by atoms with van der Waals surface area (Å²) >= 11 is 13.7. The first kappa shape index (κ1) is 15.4. The molecule has 0 bridgehead atoms. The van der Waals surface area contributed by atoms with Crippen LogP contribution in [0.1, 0.15) is 13.8 Å². The number of thioether (sulfide) groups is 1. The minimum absolute atomic E-state index is 0.0223. The summed E-state index contributed by atoms with van der Waals surface area (Å²) in [5.41, 5.74) is 0.422. The van der Waals surface area contributed by atoms with Gasteiger partial charge in [0.05, 0.1) is 20.7 Å². The van der Waals surface area contributed by atoms with Gasteiger partial charge in [0.1, 0.15) is 0 Å². The normalized spacial score (nSPS) is 11.4. The first-order valence-electron chi connectivity index (χ1n) is 5.19. The smallest absolute Gasteiger partial charge is 0.272 e. The van der Waals surface area contributed by atoms with Crippen molar-refractivity contribution in [1.82, 2.24) is 0 Å². The molecule has 4 nitrogen and oxygen atoms in total. The summed E-state index contributed by atoms with van der Waals surface area (Å²) in [5.74, 6) is 0. The molecule has 0 saturated heterocycles. The fourth-order valence-corrected chi connectivity index (χ4v) is 2.03. The van der Waals surface area contributed by atoms with Crippen molar-refractivity contribution in [3.8, 4) is 0 Å². The fourth-order valence-electron chi connectivity index (χ4n) is 1.21. The average molecular weight is 309 g/mol. The largest absolute Gasteiger partial charge is 0.381 e. The van der Waals surface area contributed by atoms with Crippen LogP contribution in [0.3, 0.4) is 0 Å². The predicted octanol–water partition coefficient (Wildman–Crippen LogP) is 4.46. The van der Waals surface area contributed by atoms with E-state index in [1.54, 1.807) is 11.8 Å². The number of anilines is 1. The van der Waals surface area contributed by atoms with E-state index in [-0.39, 0.29) is 20.5 Å². The molecular weight excluding hydrogens is 295 g/mol. The van der Waals surface area contributed by atoms with Gasteiger partial charge in [-0.05, 0) is 20.1 Å². The second-order valence-corrected chi connectivity index (χ2v) is 6.69. The van der Waals surface area contributed by atoms with Gasteiger partial charge in [-0.3, -0.25) is 10.1 Å². The Labute approximate surface area is 120 Å². The van der Waals surface area contributed by atoms with Crippen molar-refractivity contribution in [1.29, 1.82) is 0 Å². The second-order valence-electron chi connectivity index (χ2n) is 4.36. The van der Waals surface area contributed by atoms with E-state index in [9.17, 15) is 10.1 Å². The van der Waals surface area contributed by atoms with Gasteiger partial charge in [0.15, 0.2) is 0 Å². The van der Waals surface area contributed by atoms with E-state index in [1.807, 2.05) is 6.26 Å². The minimum Gasteiger partial charge on any atom is -0.381 e. The molecule has 1 N–H and O–H groups in total. The summed E-state index contributed by atoms with van der Waals surface area (Å²) in [6.45, 7) is 4.82. The molecule has 0 amide bonds. The minimum atomic E-state index is -0.520. The van der Waals surface area contributed by atoms with Crippen molar-refractivity contribution in [3.05, 3.63) is 32.3 Å². The Morgan fingerprint density at radius 3 is 2.28 bits per heavy atom. The third-order valence-corrected chi connectivity index (χ3v) is 4.33. The van der Waals surface area contributed by atoms with Crippen LogP contribution < -0.4 is 5.32 Å². The number of benzene rings is 1. The Bertz CT molecular complexity index is 443. The molecule has 0 atom stereocenters. The van der Waals surface area contributed by atoms with Crippen LogP contribution in [0.2, 0.25) is 10.0 Å². The number of halogens is 2. The molecule has 0 saturated carbocycles. The van der Waals surface area contributed by atoms with E-state index in [1.165, 1.54) is 12.1 Å². The predicted molar refractivity (Wildman–Crippen MR) is 79.2 cm³/mol. The maximum absolute atomic E-state index is 10.6. The zero-order chi connectivity index (χ0) is 13.9. The number of nitro benzene ring substituents is 1. The molecule has 7 heteroatoms. The topological polar surface area (TPSA) is 55.2 Å². The standard InChI is InChI=1S/C11H14Cl2N2O2S/c1-11(2,18-3)6-14-10-8(12)4-7(15(16)17)5-9(10)13/h4-5,14H,6H2,1-3H3. The lowest BCUT2D eigenvalue weighted by molar-refractivity contribution is -0.384. The quantitative estimate of drug-likeness (QED) is 0.644. The lowest BCUT2D eigenvalue weighted by Gasteiger charge is -2.23. The van der Waals surface area contributed by atoms with Gasteiger partial charge in [-0.1, -0.05) is 23.2 Å². The Morgan fingerprint density at radius 2 is 1.89 bits per heavy atom. The van der Waals surface area contributed by atoms with Crippen molar-refractivity contribution in [2.24, 2.45) is 0 Å². The number of rotatable bonds is 5. The Balaban J connectivity index is 2.94. The summed E-state index contributed by atoms with van der Waals surface area (Å²) in [7, 11) is 0. The molecule has 0 aliphatic carbocycles. The molecule has 100 valence electrons. The SMILES string of the molecule is CSC(C)(C)CNc1c(Cl)cc([N+](=O)[O-])cc1Cl. The van der Waals surface area contributed by atoms with Crippen LogP contribution in [-0.4, -0.2) is 22.5 Å². The maximum Gasteiger partial charge on any atom is 0.272 e. The van der Waals surface area contributed by atoms with Crippen LogP contribution >= 0.6 is 35.0 Å². The van der Waals surface area contributed by atoms with E-state index in [0.29, 0.717) is 12.2 Å². The Morgan fingerprint density at radius 1 is 1.39 bits per heavy atom. The van der Waals surface area contributed by atoms with Gasteiger partial charge in [-0.15, -0.1) is 0 Å². The summed E-state index contributed by atoms with van der Waals surface area (Å²) < 4.78 is 0.0223. The number of nitro groups is 1. The highest BCUT2D eigenvalue weighted by atomic mass is 35.5. The van der Waals surface area contributed by atoms with Crippen LogP contribution in [0.15, 0.2) is 12.1 Å². The van der Waals surface area contributed by atoms with Crippen LogP contribution in [-0.2, 0) is 0 Å². The van der Waals surface area contributed by atoms with Crippen LogP contribution in [0.4, 0.5) is 11.4 Å². The molecule has 0 unspecified atom stereocenters. The lowest BCUT2D eigenvalue weighted by atomic mass is 10.2. The van der Waals surface area contributed by atoms with Gasteiger partial charge in [0, 0.05) is 23.4 Å². The van der Waals surface area contributed by atoms with Crippen molar-refractivity contribution in [2.75, 3.05) is 18.1 Å². The molecule has 0 radical (unpaired) electrons. The first-order valence-corrected chi connectivity index (χ1v) is 7.17. The molecule has 1 aromatic rings. The molecule has 18 heavy (non-hydrogen) atoms. The highest BCUT2D eigenvalue weighted by Crippen LogP contribution is 2.35. The summed E-state index contributed by atoms with van der Waals surface area (Å²) in [4.78, 5) is 10.1. The third kappa shape index (κ3) is 3.93. The highest BCUT2D eigenvalue weighted by Gasteiger charge is 2.19. The van der Waals surface area contributed by atoms with E-state index < -0.39 is 4.92 Å². The molecular formula is C11H14Cl2N2O2S. The van der Waals surface area contributed by atoms with Gasteiger partial charge in [-0.25, -0.2) is 0 Å². The molecule has 1 rings (SSSR count). The monoisotopic (exact) mass is 308 g/mol. The van der Waals surface area contributed by atoms with E-state index in [4.69, 9.17) is 23.2 Å². The molecule has 0 spiro atoms. The van der Waals surface area contributed by atoms with E-state index in [2.05, 4.69) is 19.2 Å². The van der Waals surface area contributed by atoms with Crippen molar-refractivity contribution in [2.45, 2.75) is 18.6 Å². The summed E-state index contributed by atoms with van der Waals surface area (Å²) in [6, 6.07) is 2.59. The third-order valence-electron chi connectivity index (χ3n) is 2.48. The average Bonchev–Trinajstić information content (AvgIpc) is 2.27. The van der Waals surface area contributed by atoms with E-state index in [0.717, 1.165) is 0 Å². The molecule has 0 heterocycles. The number of nitrogens with one attached hydrogen (secondary N) is 1. The van der Waals surface area contributed by atoms with Crippen LogP contribution in [0.5, 0.6) is 0 Å². The van der Waals surface area contributed by atoms with Crippen LogP contribution in [0.25, 0.3) is 0 Å². The van der Waals surface area contributed by atoms with Crippen molar-refractivity contribution >= 4 is 46.3 Å². The van der Waals surface area contributed by atoms with Gasteiger partial charge in [-0.2, -0.15) is 11.8 Å². The number of hydrogen-bond donors (Lipinski definition) is 1. The van der Waals surface area contributed by atoms with Crippen LogP contribution in [0, 0.1) is 10.1 Å². The van der Waals surface area contributed by atoms with Gasteiger partial charge >= 0.3 is 0 Å². The molecule has 0 fully saturated rings. The molecule has 1 aromatic carbocycles. The highest BCUT2D eigenvalue weighted by molar-refractivity contribution is 7.99. The zero-order valence-corrected chi connectivity index (χ0v) is 12.6. The second kappa shape index (κ2) is 5.99. The zero-order valence-electron chi connectivity index (χ0n) is 10.3. The van der Waals surface area contributed by atoms with Crippen molar-refractivity contribution < 1.29 is 4.92 Å². The number of hydrogen-bond acceptors (Lipinski definition) is 4. The summed E-state index contributed by atoms with van der Waals surface area (Å²) in [5, 5.41) is 14.3. The fraction of sp³-hybridized carbons (Fsp3) is 0.455. The Kier molecular flexibility index (Phi) is 5.13. The first-order chi connectivity index (χ1) is 8.26. The maximum atomic E-state index is 10.6. The van der Waals surface area contributed by atoms with Gasteiger partial charge < -0.3 is 5.32 Å². The summed E-state index contributed by atoms with van der Waals surface area (Å²) in [6.07, 6.45) is 2.01. The van der Waals surface area contributed by atoms with Crippen molar-refractivity contribution in [3.63, 3.8) is 0 Å². The number of non-ortho nitro benzene ring substituents is 1. The Hall–Kier alpha value is -0.650. The van der Waals surface area contributed by atoms with Gasteiger partial charge in [0.2, 0.25) is 0 Å².